The monoisotopic (exact) mass is 143 g/mol. The highest BCUT2D eigenvalue weighted by molar-refractivity contribution is 5.77. The molecule has 0 aromatic heterocycles. The molecule has 0 fully saturated rings. The minimum atomic E-state index is -0.336. The first-order valence-electron chi connectivity index (χ1n) is 3.30. The lowest BCUT2D eigenvalue weighted by atomic mass is 10.1. The zero-order chi connectivity index (χ0) is 8.15. The molecule has 0 heterocycles. The Morgan fingerprint density at radius 1 is 1.50 bits per heavy atom. The van der Waals surface area contributed by atoms with Crippen LogP contribution in [0.1, 0.15) is 20.8 Å². The van der Waals surface area contributed by atoms with Gasteiger partial charge in [0.1, 0.15) is 6.29 Å². The van der Waals surface area contributed by atoms with Gasteiger partial charge in [0, 0.05) is 6.92 Å². The van der Waals surface area contributed by atoms with E-state index in [-0.39, 0.29) is 17.9 Å². The number of nitrogens with one attached hydrogen (secondary N) is 1. The van der Waals surface area contributed by atoms with E-state index in [0.29, 0.717) is 0 Å². The van der Waals surface area contributed by atoms with Crippen LogP contribution in [0, 0.1) is 5.92 Å². The fourth-order valence-corrected chi connectivity index (χ4v) is 0.593. The summed E-state index contributed by atoms with van der Waals surface area (Å²) in [4.78, 5) is 20.7. The van der Waals surface area contributed by atoms with E-state index in [2.05, 4.69) is 5.32 Å². The van der Waals surface area contributed by atoms with Crippen LogP contribution in [0.15, 0.2) is 0 Å². The van der Waals surface area contributed by atoms with Gasteiger partial charge in [0.05, 0.1) is 6.04 Å². The maximum absolute atomic E-state index is 10.4. The molecule has 3 nitrogen and oxygen atoms in total. The Morgan fingerprint density at radius 2 is 2.00 bits per heavy atom. The van der Waals surface area contributed by atoms with Crippen molar-refractivity contribution in [2.75, 3.05) is 0 Å². The highest BCUT2D eigenvalue weighted by Crippen LogP contribution is 1.97. The maximum Gasteiger partial charge on any atom is 0.217 e. The largest absolute Gasteiger partial charge is 0.347 e. The molecule has 1 N–H and O–H groups in total. The van der Waals surface area contributed by atoms with Gasteiger partial charge in [0.2, 0.25) is 5.91 Å². The minimum Gasteiger partial charge on any atom is -0.347 e. The van der Waals surface area contributed by atoms with Gasteiger partial charge in [-0.3, -0.25) is 4.79 Å². The predicted octanol–water partition coefficient (Wildman–Crippen LogP) is 0.346. The van der Waals surface area contributed by atoms with E-state index >= 15 is 0 Å². The number of hydrogen-bond donors (Lipinski definition) is 1. The van der Waals surface area contributed by atoms with E-state index in [1.165, 1.54) is 6.92 Å². The number of aldehydes is 1. The highest BCUT2D eigenvalue weighted by Gasteiger charge is 2.11. The summed E-state index contributed by atoms with van der Waals surface area (Å²) in [6.45, 7) is 5.17. The Kier molecular flexibility index (Phi) is 3.69. The molecule has 3 heteroatoms. The van der Waals surface area contributed by atoms with E-state index < -0.39 is 0 Å². The molecule has 0 saturated heterocycles. The van der Waals surface area contributed by atoms with Crippen molar-refractivity contribution >= 4 is 12.2 Å². The van der Waals surface area contributed by atoms with Crippen molar-refractivity contribution in [2.45, 2.75) is 26.8 Å². The van der Waals surface area contributed by atoms with Crippen molar-refractivity contribution in [3.05, 3.63) is 0 Å². The summed E-state index contributed by atoms with van der Waals surface area (Å²) in [6, 6.07) is -0.336. The molecule has 0 aliphatic heterocycles. The van der Waals surface area contributed by atoms with Crippen LogP contribution in [0.25, 0.3) is 0 Å². The third kappa shape index (κ3) is 3.22. The van der Waals surface area contributed by atoms with Crippen LogP contribution in [0.4, 0.5) is 0 Å². The minimum absolute atomic E-state index is 0.161. The van der Waals surface area contributed by atoms with Crippen LogP contribution >= 0.6 is 0 Å². The van der Waals surface area contributed by atoms with Crippen LogP contribution < -0.4 is 5.32 Å². The van der Waals surface area contributed by atoms with Crippen LogP contribution in [-0.2, 0) is 9.59 Å². The number of carbonyl (C=O) groups excluding carboxylic acids is 2. The molecular formula is C7H13NO2. The summed E-state index contributed by atoms with van der Waals surface area (Å²) < 4.78 is 0. The van der Waals surface area contributed by atoms with Gasteiger partial charge < -0.3 is 10.1 Å². The fourth-order valence-electron chi connectivity index (χ4n) is 0.593. The van der Waals surface area contributed by atoms with Crippen molar-refractivity contribution in [2.24, 2.45) is 5.92 Å². The number of rotatable bonds is 3. The Bertz CT molecular complexity index is 132. The van der Waals surface area contributed by atoms with Crippen molar-refractivity contribution in [3.63, 3.8) is 0 Å². The van der Waals surface area contributed by atoms with E-state index in [1.807, 2.05) is 13.8 Å². The molecule has 0 unspecified atom stereocenters. The quantitative estimate of drug-likeness (QED) is 0.579. The molecule has 1 amide bonds. The van der Waals surface area contributed by atoms with Gasteiger partial charge in [-0.15, -0.1) is 0 Å². The average molecular weight is 143 g/mol. The smallest absolute Gasteiger partial charge is 0.217 e. The SMILES string of the molecule is CC(=O)N[C@H](C=O)C(C)C. The second-order valence-electron chi connectivity index (χ2n) is 2.61. The van der Waals surface area contributed by atoms with Gasteiger partial charge in [-0.1, -0.05) is 13.8 Å². The van der Waals surface area contributed by atoms with E-state index in [4.69, 9.17) is 0 Å². The first-order valence-corrected chi connectivity index (χ1v) is 3.30. The molecule has 0 saturated carbocycles. The predicted molar refractivity (Wildman–Crippen MR) is 38.5 cm³/mol. The number of carbonyl (C=O) groups is 2. The average Bonchev–Trinajstić information content (AvgIpc) is 1.81. The summed E-state index contributed by atoms with van der Waals surface area (Å²) in [6.07, 6.45) is 0.756. The molecule has 0 aromatic carbocycles. The lowest BCUT2D eigenvalue weighted by Gasteiger charge is -2.13. The summed E-state index contributed by atoms with van der Waals surface area (Å²) in [5.41, 5.74) is 0. The first kappa shape index (κ1) is 9.14. The van der Waals surface area contributed by atoms with Crippen molar-refractivity contribution in [1.82, 2.24) is 5.32 Å². The molecular weight excluding hydrogens is 130 g/mol. The highest BCUT2D eigenvalue weighted by atomic mass is 16.2. The van der Waals surface area contributed by atoms with Crippen LogP contribution in [0.3, 0.4) is 0 Å². The summed E-state index contributed by atoms with van der Waals surface area (Å²) >= 11 is 0. The second kappa shape index (κ2) is 4.04. The Morgan fingerprint density at radius 3 is 2.10 bits per heavy atom. The topological polar surface area (TPSA) is 46.2 Å². The van der Waals surface area contributed by atoms with Crippen LogP contribution in [0.2, 0.25) is 0 Å². The molecule has 0 aliphatic carbocycles. The molecule has 1 atom stereocenters. The molecule has 0 aromatic rings. The lowest BCUT2D eigenvalue weighted by Crippen LogP contribution is -2.38. The van der Waals surface area contributed by atoms with Crippen molar-refractivity contribution in [1.29, 1.82) is 0 Å². The number of hydrogen-bond acceptors (Lipinski definition) is 2. The van der Waals surface area contributed by atoms with Gasteiger partial charge in [0.15, 0.2) is 0 Å². The molecule has 0 rings (SSSR count). The lowest BCUT2D eigenvalue weighted by molar-refractivity contribution is -0.122. The van der Waals surface area contributed by atoms with Crippen molar-refractivity contribution < 1.29 is 9.59 Å². The molecule has 0 aliphatic rings. The zero-order valence-electron chi connectivity index (χ0n) is 6.55. The number of amides is 1. The first-order chi connectivity index (χ1) is 4.57. The Labute approximate surface area is 60.8 Å². The van der Waals surface area contributed by atoms with Gasteiger partial charge in [-0.2, -0.15) is 0 Å². The molecule has 0 spiro atoms. The maximum atomic E-state index is 10.4. The van der Waals surface area contributed by atoms with Crippen LogP contribution in [-0.4, -0.2) is 18.2 Å². The Hall–Kier alpha value is -0.860. The standard InChI is InChI=1S/C7H13NO2/c1-5(2)7(4-9)8-6(3)10/h4-5,7H,1-3H3,(H,8,10)/t7-/m1/s1. The van der Waals surface area contributed by atoms with Gasteiger partial charge in [-0.25, -0.2) is 0 Å². The van der Waals surface area contributed by atoms with E-state index in [1.54, 1.807) is 0 Å². The second-order valence-corrected chi connectivity index (χ2v) is 2.61. The summed E-state index contributed by atoms with van der Waals surface area (Å²) in [7, 11) is 0. The van der Waals surface area contributed by atoms with E-state index in [0.717, 1.165) is 6.29 Å². The molecule has 10 heavy (non-hydrogen) atoms. The van der Waals surface area contributed by atoms with Gasteiger partial charge in [-0.05, 0) is 5.92 Å². The third-order valence-corrected chi connectivity index (χ3v) is 1.23. The van der Waals surface area contributed by atoms with Crippen molar-refractivity contribution in [3.8, 4) is 0 Å². The van der Waals surface area contributed by atoms with Gasteiger partial charge >= 0.3 is 0 Å². The normalized spacial score (nSPS) is 12.8. The third-order valence-electron chi connectivity index (χ3n) is 1.23. The van der Waals surface area contributed by atoms with E-state index in [9.17, 15) is 9.59 Å². The Balaban J connectivity index is 3.83. The molecule has 0 bridgehead atoms. The molecule has 0 radical (unpaired) electrons. The fraction of sp³-hybridized carbons (Fsp3) is 0.714. The summed E-state index contributed by atoms with van der Waals surface area (Å²) in [5, 5.41) is 2.52. The zero-order valence-corrected chi connectivity index (χ0v) is 6.55. The summed E-state index contributed by atoms with van der Waals surface area (Å²) in [5.74, 6) is 0.00667. The van der Waals surface area contributed by atoms with Gasteiger partial charge in [0.25, 0.3) is 0 Å². The van der Waals surface area contributed by atoms with Crippen LogP contribution in [0.5, 0.6) is 0 Å². The molecule has 58 valence electrons.